The Kier molecular flexibility index (Phi) is 8.92. The van der Waals surface area contributed by atoms with E-state index in [1.807, 2.05) is 17.6 Å². The number of anilines is 1. The van der Waals surface area contributed by atoms with Gasteiger partial charge in [0.05, 0.1) is 28.4 Å². The Morgan fingerprint density at radius 1 is 1.07 bits per heavy atom. The molecule has 2 amide bonds. The number of rotatable bonds is 7. The van der Waals surface area contributed by atoms with Crippen molar-refractivity contribution in [1.29, 1.82) is 0 Å². The number of carbonyl (C=O) groups is 2. The fourth-order valence-corrected chi connectivity index (χ4v) is 5.79. The first-order chi connectivity index (χ1) is 19.7. The normalized spacial score (nSPS) is 18.6. The molecule has 214 valence electrons. The van der Waals surface area contributed by atoms with Gasteiger partial charge in [-0.25, -0.2) is 9.37 Å². The topological polar surface area (TPSA) is 93.2 Å². The highest BCUT2D eigenvalue weighted by atomic mass is 35.5. The Hall–Kier alpha value is -3.46. The van der Waals surface area contributed by atoms with Gasteiger partial charge in [-0.1, -0.05) is 41.4 Å². The fraction of sp³-hybridized carbons (Fsp3) is 0.323. The first-order valence-electron chi connectivity index (χ1n) is 13.7. The molecule has 0 bridgehead atoms. The second-order valence-corrected chi connectivity index (χ2v) is 11.4. The summed E-state index contributed by atoms with van der Waals surface area (Å²) in [6.07, 6.45) is 4.90. The predicted molar refractivity (Wildman–Crippen MR) is 161 cm³/mol. The van der Waals surface area contributed by atoms with Crippen molar-refractivity contribution in [2.45, 2.75) is 44.7 Å². The first kappa shape index (κ1) is 29.0. The fourth-order valence-electron chi connectivity index (χ4n) is 5.42. The van der Waals surface area contributed by atoms with Crippen LogP contribution in [-0.4, -0.2) is 45.4 Å². The van der Waals surface area contributed by atoms with Crippen LogP contribution in [0.1, 0.15) is 48.0 Å². The number of primary amides is 1. The molecule has 2 unspecified atom stereocenters. The maximum Gasteiger partial charge on any atom is 0.248 e. The number of benzene rings is 3. The van der Waals surface area contributed by atoms with Crippen LogP contribution < -0.4 is 11.1 Å². The molecule has 1 aliphatic carbocycles. The second-order valence-electron chi connectivity index (χ2n) is 10.5. The molecule has 2 atom stereocenters. The molecule has 4 aromatic rings. The summed E-state index contributed by atoms with van der Waals surface area (Å²) in [6.45, 7) is 4.52. The highest BCUT2D eigenvalue weighted by Gasteiger charge is 2.43. The Morgan fingerprint density at radius 3 is 2.56 bits per heavy atom. The average Bonchev–Trinajstić information content (AvgIpc) is 3.52. The van der Waals surface area contributed by atoms with Crippen molar-refractivity contribution in [3.63, 3.8) is 0 Å². The number of nitrogens with zero attached hydrogens (tertiary/aromatic N) is 3. The van der Waals surface area contributed by atoms with E-state index in [1.54, 1.807) is 60.9 Å². The van der Waals surface area contributed by atoms with Gasteiger partial charge in [0.1, 0.15) is 5.82 Å². The smallest absolute Gasteiger partial charge is 0.248 e. The molecule has 1 saturated carbocycles. The Morgan fingerprint density at radius 2 is 1.85 bits per heavy atom. The molecule has 2 fully saturated rings. The van der Waals surface area contributed by atoms with E-state index in [9.17, 15) is 14.0 Å². The third-order valence-corrected chi connectivity index (χ3v) is 8.21. The molecule has 2 aliphatic rings. The van der Waals surface area contributed by atoms with E-state index in [4.69, 9.17) is 28.9 Å². The minimum atomic E-state index is -0.419. The largest absolute Gasteiger partial charge is 0.366 e. The summed E-state index contributed by atoms with van der Waals surface area (Å²) in [5.74, 6) is -0.524. The lowest BCUT2D eigenvalue weighted by atomic mass is 9.90. The van der Waals surface area contributed by atoms with Crippen molar-refractivity contribution in [2.24, 2.45) is 11.7 Å². The molecule has 6 rings (SSSR count). The van der Waals surface area contributed by atoms with Crippen LogP contribution in [0.5, 0.6) is 0 Å². The summed E-state index contributed by atoms with van der Waals surface area (Å²) in [6, 6.07) is 17.0. The number of aromatic nitrogens is 2. The van der Waals surface area contributed by atoms with Gasteiger partial charge in [0, 0.05) is 35.3 Å². The van der Waals surface area contributed by atoms with Crippen LogP contribution in [0.15, 0.2) is 67.0 Å². The number of amides is 2. The van der Waals surface area contributed by atoms with Crippen LogP contribution in [0, 0.1) is 11.7 Å². The molecule has 1 aliphatic heterocycles. The highest BCUT2D eigenvalue weighted by molar-refractivity contribution is 6.31. The maximum atomic E-state index is 14.7. The zero-order chi connectivity index (χ0) is 29.1. The van der Waals surface area contributed by atoms with E-state index in [0.29, 0.717) is 27.8 Å². The number of hydrogen-bond donors (Lipinski definition) is 2. The molecule has 3 N–H and O–H groups in total. The molecule has 10 heteroatoms. The van der Waals surface area contributed by atoms with Gasteiger partial charge in [-0.15, -0.1) is 0 Å². The van der Waals surface area contributed by atoms with Crippen molar-refractivity contribution >= 4 is 51.7 Å². The first-order valence-corrected chi connectivity index (χ1v) is 14.5. The summed E-state index contributed by atoms with van der Waals surface area (Å²) in [5.41, 5.74) is 8.72. The maximum absolute atomic E-state index is 14.7. The number of carbonyl (C=O) groups excluding carboxylic acids is 2. The quantitative estimate of drug-likeness (QED) is 0.255. The number of nitrogens with two attached hydrogens (primary N) is 1. The summed E-state index contributed by atoms with van der Waals surface area (Å²) in [4.78, 5) is 30.5. The highest BCUT2D eigenvalue weighted by Crippen LogP contribution is 2.40. The Labute approximate surface area is 248 Å². The van der Waals surface area contributed by atoms with E-state index < -0.39 is 17.8 Å². The number of likely N-dealkylation sites (tertiary alicyclic amines) is 1. The van der Waals surface area contributed by atoms with Gasteiger partial charge in [0.25, 0.3) is 0 Å². The predicted octanol–water partition coefficient (Wildman–Crippen LogP) is 6.49. The van der Waals surface area contributed by atoms with E-state index in [-0.39, 0.29) is 16.8 Å². The van der Waals surface area contributed by atoms with Gasteiger partial charge in [-0.3, -0.25) is 14.5 Å². The minimum Gasteiger partial charge on any atom is -0.366 e. The number of fused-ring (bicyclic) bond motifs is 1. The third-order valence-electron chi connectivity index (χ3n) is 7.68. The van der Waals surface area contributed by atoms with Crippen LogP contribution in [0.2, 0.25) is 10.0 Å². The number of halogens is 3. The van der Waals surface area contributed by atoms with Crippen molar-refractivity contribution < 1.29 is 14.0 Å². The van der Waals surface area contributed by atoms with Crippen LogP contribution in [0.25, 0.3) is 11.0 Å². The van der Waals surface area contributed by atoms with Crippen LogP contribution >= 0.6 is 23.2 Å². The van der Waals surface area contributed by atoms with Gasteiger partial charge in [-0.2, -0.15) is 0 Å². The third kappa shape index (κ3) is 6.72. The summed E-state index contributed by atoms with van der Waals surface area (Å²) in [7, 11) is 0. The number of hydrogen-bond acceptors (Lipinski definition) is 4. The van der Waals surface area contributed by atoms with E-state index in [1.165, 1.54) is 12.8 Å². The van der Waals surface area contributed by atoms with E-state index >= 15 is 0 Å². The standard InChI is InChI=1S/C21H21Cl2FN2O.C10H11N3O/c22-14-3-1-4-15(11-14)25-21(27)20-17(9-10-26(20)12-13-7-8-13)16-5-2-6-18(23)19(16)24;1-2-13-6-12-8-4-3-7(10(11)14)5-9(8)13/h1-6,11,13,17,20H,7-10,12H2,(H,25,27);3-6H,2H2,1H3,(H2,11,14). The monoisotopic (exact) mass is 595 g/mol. The van der Waals surface area contributed by atoms with E-state index in [2.05, 4.69) is 15.2 Å². The van der Waals surface area contributed by atoms with Crippen molar-refractivity contribution in [3.8, 4) is 0 Å². The van der Waals surface area contributed by atoms with Gasteiger partial charge in [0.2, 0.25) is 11.8 Å². The van der Waals surface area contributed by atoms with Gasteiger partial charge >= 0.3 is 0 Å². The molecular weight excluding hydrogens is 564 g/mol. The molecule has 1 aromatic heterocycles. The minimum absolute atomic E-state index is 0.0992. The van der Waals surface area contributed by atoms with E-state index in [0.717, 1.165) is 37.1 Å². The van der Waals surface area contributed by atoms with Crippen molar-refractivity contribution in [3.05, 3.63) is 94.0 Å². The molecule has 7 nitrogen and oxygen atoms in total. The lowest BCUT2D eigenvalue weighted by molar-refractivity contribution is -0.120. The van der Waals surface area contributed by atoms with Gasteiger partial charge in [-0.05, 0) is 86.7 Å². The molecular formula is C31H32Cl2FN5O2. The Balaban J connectivity index is 0.000000202. The molecule has 0 spiro atoms. The number of nitrogens with one attached hydrogen (secondary N) is 1. The number of aryl methyl sites for hydroxylation is 1. The summed E-state index contributed by atoms with van der Waals surface area (Å²) < 4.78 is 16.6. The summed E-state index contributed by atoms with van der Waals surface area (Å²) in [5, 5.41) is 3.62. The lowest BCUT2D eigenvalue weighted by Crippen LogP contribution is -2.43. The van der Waals surface area contributed by atoms with Crippen molar-refractivity contribution in [1.82, 2.24) is 14.5 Å². The zero-order valence-electron chi connectivity index (χ0n) is 22.7. The zero-order valence-corrected chi connectivity index (χ0v) is 24.2. The lowest BCUT2D eigenvalue weighted by Gasteiger charge is -2.28. The number of imidazole rings is 1. The molecule has 0 radical (unpaired) electrons. The van der Waals surface area contributed by atoms with Crippen LogP contribution in [-0.2, 0) is 11.3 Å². The second kappa shape index (κ2) is 12.6. The molecule has 41 heavy (non-hydrogen) atoms. The van der Waals surface area contributed by atoms with Crippen LogP contribution in [0.3, 0.4) is 0 Å². The summed E-state index contributed by atoms with van der Waals surface area (Å²) >= 11 is 12.0. The van der Waals surface area contributed by atoms with Crippen LogP contribution in [0.4, 0.5) is 10.1 Å². The average molecular weight is 597 g/mol. The SMILES string of the molecule is CCn1cnc2ccc(C(N)=O)cc21.O=C(Nc1cccc(Cl)c1)C1C(c2cccc(Cl)c2F)CCN1CC1CC1. The van der Waals surface area contributed by atoms with Gasteiger partial charge in [0.15, 0.2) is 0 Å². The molecule has 1 saturated heterocycles. The Bertz CT molecular complexity index is 1570. The van der Waals surface area contributed by atoms with Gasteiger partial charge < -0.3 is 15.6 Å². The molecule has 3 aromatic carbocycles. The van der Waals surface area contributed by atoms with Crippen molar-refractivity contribution in [2.75, 3.05) is 18.4 Å². The molecule has 2 heterocycles.